The standard InChI is InChI=1S/C5H8NS2/c1-5(7-2)8-4-3-6/h4H2,1-2H3. The van der Waals surface area contributed by atoms with Crippen molar-refractivity contribution in [1.82, 2.24) is 0 Å². The Morgan fingerprint density at radius 2 is 2.38 bits per heavy atom. The first-order chi connectivity index (χ1) is 3.81. The third kappa shape index (κ3) is 4.35. The molecule has 0 aromatic carbocycles. The fraction of sp³-hybridized carbons (Fsp3) is 0.600. The second kappa shape index (κ2) is 5.33. The molecule has 0 aliphatic carbocycles. The maximum absolute atomic E-state index is 8.12. The highest BCUT2D eigenvalue weighted by Gasteiger charge is 1.97. The molecule has 3 heteroatoms. The smallest absolute Gasteiger partial charge is 0.0825 e. The van der Waals surface area contributed by atoms with E-state index in [2.05, 4.69) is 6.07 Å². The summed E-state index contributed by atoms with van der Waals surface area (Å²) in [5.74, 6) is 0.576. The van der Waals surface area contributed by atoms with Crippen molar-refractivity contribution >= 4 is 23.5 Å². The predicted molar refractivity (Wildman–Crippen MR) is 40.5 cm³/mol. The van der Waals surface area contributed by atoms with Gasteiger partial charge in [0.25, 0.3) is 0 Å². The van der Waals surface area contributed by atoms with E-state index in [9.17, 15) is 0 Å². The number of nitrogens with zero attached hydrogens (tertiary/aromatic N) is 1. The molecule has 0 spiro atoms. The summed E-state index contributed by atoms with van der Waals surface area (Å²) in [6.07, 6.45) is 2.01. The van der Waals surface area contributed by atoms with E-state index in [0.717, 1.165) is 0 Å². The molecule has 0 unspecified atom stereocenters. The van der Waals surface area contributed by atoms with Gasteiger partial charge in [0.15, 0.2) is 0 Å². The van der Waals surface area contributed by atoms with E-state index in [0.29, 0.717) is 5.75 Å². The van der Waals surface area contributed by atoms with Crippen LogP contribution in [0, 0.1) is 15.9 Å². The minimum Gasteiger partial charge on any atom is -0.197 e. The van der Waals surface area contributed by atoms with Crippen molar-refractivity contribution in [3.63, 3.8) is 0 Å². The summed E-state index contributed by atoms with van der Waals surface area (Å²) in [5, 5.41) is 8.12. The van der Waals surface area contributed by atoms with Crippen LogP contribution in [0.3, 0.4) is 0 Å². The zero-order valence-electron chi connectivity index (χ0n) is 4.97. The third-order valence-electron chi connectivity index (χ3n) is 0.627. The lowest BCUT2D eigenvalue weighted by Gasteiger charge is -1.99. The van der Waals surface area contributed by atoms with Gasteiger partial charge in [-0.2, -0.15) is 5.26 Å². The van der Waals surface area contributed by atoms with E-state index in [1.165, 1.54) is 4.58 Å². The Balaban J connectivity index is 3.01. The molecule has 0 saturated heterocycles. The molecule has 0 aliphatic rings. The Bertz CT molecular complexity index is 86.9. The van der Waals surface area contributed by atoms with Crippen molar-refractivity contribution in [2.24, 2.45) is 0 Å². The summed E-state index contributed by atoms with van der Waals surface area (Å²) in [6.45, 7) is 2.02. The lowest BCUT2D eigenvalue weighted by Crippen LogP contribution is -1.76. The number of rotatable bonds is 3. The zero-order chi connectivity index (χ0) is 6.41. The van der Waals surface area contributed by atoms with Gasteiger partial charge < -0.3 is 0 Å². The highest BCUT2D eigenvalue weighted by Crippen LogP contribution is 2.27. The summed E-state index contributed by atoms with van der Waals surface area (Å²) in [7, 11) is 0. The fourth-order valence-corrected chi connectivity index (χ4v) is 1.11. The van der Waals surface area contributed by atoms with Gasteiger partial charge in [-0.25, -0.2) is 0 Å². The summed E-state index contributed by atoms with van der Waals surface area (Å²) in [5.41, 5.74) is 0. The van der Waals surface area contributed by atoms with Crippen LogP contribution in [0.2, 0.25) is 0 Å². The molecule has 0 aromatic heterocycles. The Kier molecular flexibility index (Phi) is 5.46. The summed E-state index contributed by atoms with van der Waals surface area (Å²) >= 11 is 3.29. The predicted octanol–water partition coefficient (Wildman–Crippen LogP) is 2.12. The van der Waals surface area contributed by atoms with Crippen LogP contribution in [0.15, 0.2) is 0 Å². The molecule has 0 aliphatic heterocycles. The minimum absolute atomic E-state index is 0.576. The van der Waals surface area contributed by atoms with Crippen LogP contribution in [0.5, 0.6) is 0 Å². The quantitative estimate of drug-likeness (QED) is 0.609. The molecule has 0 aromatic rings. The van der Waals surface area contributed by atoms with Gasteiger partial charge in [-0.05, 0) is 13.2 Å². The molecule has 1 radical (unpaired) electrons. The topological polar surface area (TPSA) is 23.8 Å². The van der Waals surface area contributed by atoms with E-state index in [-0.39, 0.29) is 0 Å². The molecule has 0 amide bonds. The van der Waals surface area contributed by atoms with Gasteiger partial charge in [0.2, 0.25) is 0 Å². The number of hydrogen-bond donors (Lipinski definition) is 0. The normalized spacial score (nSPS) is 9.25. The monoisotopic (exact) mass is 146 g/mol. The van der Waals surface area contributed by atoms with E-state index in [1.807, 2.05) is 13.2 Å². The van der Waals surface area contributed by atoms with Crippen LogP contribution < -0.4 is 0 Å². The molecular formula is C5H8NS2. The van der Waals surface area contributed by atoms with Gasteiger partial charge in [-0.15, -0.1) is 23.5 Å². The Morgan fingerprint density at radius 1 is 1.75 bits per heavy atom. The molecule has 1 nitrogen and oxygen atoms in total. The molecule has 0 atom stereocenters. The Labute approximate surface area is 58.8 Å². The van der Waals surface area contributed by atoms with E-state index in [1.54, 1.807) is 23.5 Å². The van der Waals surface area contributed by atoms with Gasteiger partial charge in [-0.1, -0.05) is 0 Å². The molecule has 0 N–H and O–H groups in total. The second-order valence-electron chi connectivity index (χ2n) is 1.14. The van der Waals surface area contributed by atoms with Gasteiger partial charge in [0.1, 0.15) is 0 Å². The summed E-state index contributed by atoms with van der Waals surface area (Å²) in [4.78, 5) is 0. The molecule has 8 heavy (non-hydrogen) atoms. The van der Waals surface area contributed by atoms with Crippen molar-refractivity contribution in [2.75, 3.05) is 12.0 Å². The SMILES string of the molecule is CS[C](C)SCC#N. The van der Waals surface area contributed by atoms with Gasteiger partial charge in [0, 0.05) is 0 Å². The number of thioether (sulfide) groups is 2. The minimum atomic E-state index is 0.576. The van der Waals surface area contributed by atoms with Crippen molar-refractivity contribution in [3.05, 3.63) is 4.58 Å². The van der Waals surface area contributed by atoms with E-state index in [4.69, 9.17) is 5.26 Å². The first kappa shape index (κ1) is 8.19. The molecule has 45 valence electrons. The first-order valence-corrected chi connectivity index (χ1v) is 4.39. The van der Waals surface area contributed by atoms with Crippen LogP contribution in [0.25, 0.3) is 0 Å². The van der Waals surface area contributed by atoms with Crippen LogP contribution in [0.1, 0.15) is 6.92 Å². The van der Waals surface area contributed by atoms with Crippen molar-refractivity contribution in [1.29, 1.82) is 5.26 Å². The largest absolute Gasteiger partial charge is 0.197 e. The summed E-state index contributed by atoms with van der Waals surface area (Å²) < 4.78 is 1.26. The Hall–Kier alpha value is 0.190. The average Bonchev–Trinajstić information content (AvgIpc) is 1.83. The Morgan fingerprint density at radius 3 is 2.75 bits per heavy atom. The zero-order valence-corrected chi connectivity index (χ0v) is 6.60. The molecule has 0 fully saturated rings. The third-order valence-corrected chi connectivity index (χ3v) is 2.74. The second-order valence-corrected chi connectivity index (χ2v) is 3.61. The molecule has 0 rings (SSSR count). The van der Waals surface area contributed by atoms with Crippen LogP contribution in [-0.2, 0) is 0 Å². The van der Waals surface area contributed by atoms with Crippen molar-refractivity contribution in [3.8, 4) is 6.07 Å². The highest BCUT2D eigenvalue weighted by molar-refractivity contribution is 8.20. The maximum Gasteiger partial charge on any atom is 0.0825 e. The van der Waals surface area contributed by atoms with Crippen LogP contribution in [0.4, 0.5) is 0 Å². The molecular weight excluding hydrogens is 138 g/mol. The van der Waals surface area contributed by atoms with E-state index >= 15 is 0 Å². The van der Waals surface area contributed by atoms with Crippen LogP contribution >= 0.6 is 23.5 Å². The molecule has 0 saturated carbocycles. The number of hydrogen-bond acceptors (Lipinski definition) is 3. The van der Waals surface area contributed by atoms with Crippen molar-refractivity contribution < 1.29 is 0 Å². The molecule has 0 bridgehead atoms. The fourth-order valence-electron chi connectivity index (χ4n) is 0.193. The van der Waals surface area contributed by atoms with Crippen molar-refractivity contribution in [2.45, 2.75) is 6.92 Å². The molecule has 0 heterocycles. The van der Waals surface area contributed by atoms with Gasteiger partial charge in [-0.3, -0.25) is 0 Å². The highest BCUT2D eigenvalue weighted by atomic mass is 32.2. The van der Waals surface area contributed by atoms with Gasteiger partial charge >= 0.3 is 0 Å². The number of nitriles is 1. The maximum atomic E-state index is 8.12. The van der Waals surface area contributed by atoms with Crippen LogP contribution in [-0.4, -0.2) is 12.0 Å². The van der Waals surface area contributed by atoms with Gasteiger partial charge in [0.05, 0.1) is 16.4 Å². The summed E-state index contributed by atoms with van der Waals surface area (Å²) in [6, 6.07) is 2.06. The lowest BCUT2D eigenvalue weighted by molar-refractivity contribution is 1.49. The van der Waals surface area contributed by atoms with E-state index < -0.39 is 0 Å². The lowest BCUT2D eigenvalue weighted by atomic mass is 10.9. The first-order valence-electron chi connectivity index (χ1n) is 2.18. The average molecular weight is 146 g/mol.